The van der Waals surface area contributed by atoms with Crippen molar-refractivity contribution in [3.05, 3.63) is 0 Å². The SMILES string of the molecule is CC(C)CNC(=S)NC(C)C1CCC1. The molecule has 1 saturated carbocycles. The predicted octanol–water partition coefficient (Wildman–Crippen LogP) is 2.30. The highest BCUT2D eigenvalue weighted by Crippen LogP contribution is 2.29. The molecule has 1 aliphatic rings. The lowest BCUT2D eigenvalue weighted by molar-refractivity contribution is 0.258. The van der Waals surface area contributed by atoms with E-state index in [-0.39, 0.29) is 0 Å². The highest BCUT2D eigenvalue weighted by Gasteiger charge is 2.23. The van der Waals surface area contributed by atoms with Crippen LogP contribution < -0.4 is 10.6 Å². The third-order valence-electron chi connectivity index (χ3n) is 2.89. The molecule has 14 heavy (non-hydrogen) atoms. The first-order valence-corrected chi connectivity index (χ1v) is 6.04. The Bertz CT molecular complexity index is 188. The zero-order valence-corrected chi connectivity index (χ0v) is 10.3. The molecule has 1 atom stereocenters. The van der Waals surface area contributed by atoms with Gasteiger partial charge >= 0.3 is 0 Å². The third kappa shape index (κ3) is 3.82. The first-order chi connectivity index (χ1) is 6.59. The molecule has 0 radical (unpaired) electrons. The van der Waals surface area contributed by atoms with E-state index in [9.17, 15) is 0 Å². The van der Waals surface area contributed by atoms with E-state index in [1.807, 2.05) is 0 Å². The predicted molar refractivity (Wildman–Crippen MR) is 65.4 cm³/mol. The van der Waals surface area contributed by atoms with E-state index in [0.29, 0.717) is 12.0 Å². The van der Waals surface area contributed by atoms with Crippen LogP contribution in [0, 0.1) is 11.8 Å². The molecule has 0 heterocycles. The van der Waals surface area contributed by atoms with Crippen LogP contribution in [0.5, 0.6) is 0 Å². The topological polar surface area (TPSA) is 24.1 Å². The van der Waals surface area contributed by atoms with E-state index in [1.165, 1.54) is 19.3 Å². The summed E-state index contributed by atoms with van der Waals surface area (Å²) < 4.78 is 0. The molecule has 1 rings (SSSR count). The van der Waals surface area contributed by atoms with Crippen LogP contribution in [0.1, 0.15) is 40.0 Å². The van der Waals surface area contributed by atoms with Gasteiger partial charge in [0.05, 0.1) is 0 Å². The third-order valence-corrected chi connectivity index (χ3v) is 3.15. The fourth-order valence-corrected chi connectivity index (χ4v) is 1.88. The van der Waals surface area contributed by atoms with Crippen molar-refractivity contribution in [2.24, 2.45) is 11.8 Å². The number of hydrogen-bond acceptors (Lipinski definition) is 1. The van der Waals surface area contributed by atoms with Gasteiger partial charge in [-0.2, -0.15) is 0 Å². The largest absolute Gasteiger partial charge is 0.362 e. The van der Waals surface area contributed by atoms with Gasteiger partial charge in [-0.15, -0.1) is 0 Å². The maximum atomic E-state index is 5.22. The fraction of sp³-hybridized carbons (Fsp3) is 0.909. The summed E-state index contributed by atoms with van der Waals surface area (Å²) in [6.07, 6.45) is 4.12. The molecule has 3 heteroatoms. The van der Waals surface area contributed by atoms with E-state index in [2.05, 4.69) is 31.4 Å². The zero-order valence-electron chi connectivity index (χ0n) is 9.47. The molecule has 2 N–H and O–H groups in total. The van der Waals surface area contributed by atoms with Gasteiger partial charge in [0.15, 0.2) is 5.11 Å². The van der Waals surface area contributed by atoms with E-state index < -0.39 is 0 Å². The molecular weight excluding hydrogens is 192 g/mol. The molecule has 0 saturated heterocycles. The second-order valence-corrected chi connectivity index (χ2v) is 5.14. The van der Waals surface area contributed by atoms with Crippen LogP contribution in [-0.4, -0.2) is 17.7 Å². The van der Waals surface area contributed by atoms with Crippen LogP contribution in [0.2, 0.25) is 0 Å². The van der Waals surface area contributed by atoms with Crippen LogP contribution in [0.25, 0.3) is 0 Å². The summed E-state index contributed by atoms with van der Waals surface area (Å²) in [4.78, 5) is 0. The smallest absolute Gasteiger partial charge is 0.166 e. The van der Waals surface area contributed by atoms with E-state index >= 15 is 0 Å². The Morgan fingerprint density at radius 2 is 2.00 bits per heavy atom. The molecule has 0 aromatic rings. The summed E-state index contributed by atoms with van der Waals surface area (Å²) in [6.45, 7) is 7.56. The van der Waals surface area contributed by atoms with E-state index in [1.54, 1.807) is 0 Å². The molecule has 1 fully saturated rings. The molecule has 2 nitrogen and oxygen atoms in total. The molecule has 0 aromatic heterocycles. The second-order valence-electron chi connectivity index (χ2n) is 4.73. The van der Waals surface area contributed by atoms with Gasteiger partial charge in [-0.25, -0.2) is 0 Å². The van der Waals surface area contributed by atoms with Crippen molar-refractivity contribution in [1.29, 1.82) is 0 Å². The van der Waals surface area contributed by atoms with Gasteiger partial charge in [-0.3, -0.25) is 0 Å². The molecule has 82 valence electrons. The van der Waals surface area contributed by atoms with Gasteiger partial charge in [-0.05, 0) is 43.8 Å². The van der Waals surface area contributed by atoms with Gasteiger partial charge < -0.3 is 10.6 Å². The van der Waals surface area contributed by atoms with Gasteiger partial charge in [-0.1, -0.05) is 20.3 Å². The quantitative estimate of drug-likeness (QED) is 0.702. The molecule has 0 amide bonds. The lowest BCUT2D eigenvalue weighted by Crippen LogP contribution is -2.46. The second kappa shape index (κ2) is 5.54. The normalized spacial score (nSPS) is 18.9. The lowest BCUT2D eigenvalue weighted by atomic mass is 9.80. The Kier molecular flexibility index (Phi) is 4.66. The average molecular weight is 214 g/mol. The molecule has 0 aromatic carbocycles. The average Bonchev–Trinajstić information content (AvgIpc) is 1.97. The van der Waals surface area contributed by atoms with Crippen LogP contribution >= 0.6 is 12.2 Å². The van der Waals surface area contributed by atoms with Crippen molar-refractivity contribution in [3.63, 3.8) is 0 Å². The van der Waals surface area contributed by atoms with E-state index in [0.717, 1.165) is 17.6 Å². The van der Waals surface area contributed by atoms with Crippen molar-refractivity contribution in [2.75, 3.05) is 6.54 Å². The van der Waals surface area contributed by atoms with E-state index in [4.69, 9.17) is 12.2 Å². The zero-order chi connectivity index (χ0) is 10.6. The summed E-state index contributed by atoms with van der Waals surface area (Å²) in [5.74, 6) is 1.49. The Labute approximate surface area is 92.8 Å². The molecule has 0 bridgehead atoms. The minimum atomic E-state index is 0.538. The van der Waals surface area contributed by atoms with Crippen molar-refractivity contribution in [1.82, 2.24) is 10.6 Å². The van der Waals surface area contributed by atoms with Crippen LogP contribution in [0.3, 0.4) is 0 Å². The molecule has 1 aliphatic carbocycles. The molecule has 0 spiro atoms. The van der Waals surface area contributed by atoms with Gasteiger partial charge in [0.25, 0.3) is 0 Å². The number of nitrogens with one attached hydrogen (secondary N) is 2. The van der Waals surface area contributed by atoms with Gasteiger partial charge in [0.2, 0.25) is 0 Å². The summed E-state index contributed by atoms with van der Waals surface area (Å²) in [5, 5.41) is 7.41. The van der Waals surface area contributed by atoms with Crippen molar-refractivity contribution in [3.8, 4) is 0 Å². The minimum absolute atomic E-state index is 0.538. The van der Waals surface area contributed by atoms with Crippen LogP contribution in [0.4, 0.5) is 0 Å². The number of hydrogen-bond donors (Lipinski definition) is 2. The molecule has 1 unspecified atom stereocenters. The maximum Gasteiger partial charge on any atom is 0.166 e. The molecule has 0 aliphatic heterocycles. The Balaban J connectivity index is 2.12. The highest BCUT2D eigenvalue weighted by molar-refractivity contribution is 7.80. The Morgan fingerprint density at radius 1 is 1.36 bits per heavy atom. The monoisotopic (exact) mass is 214 g/mol. The molecular formula is C11H22N2S. The first kappa shape index (κ1) is 11.8. The van der Waals surface area contributed by atoms with Crippen molar-refractivity contribution in [2.45, 2.75) is 46.1 Å². The van der Waals surface area contributed by atoms with Crippen LogP contribution in [-0.2, 0) is 0 Å². The first-order valence-electron chi connectivity index (χ1n) is 5.64. The Hall–Kier alpha value is -0.310. The van der Waals surface area contributed by atoms with Gasteiger partial charge in [0, 0.05) is 12.6 Å². The minimum Gasteiger partial charge on any atom is -0.362 e. The highest BCUT2D eigenvalue weighted by atomic mass is 32.1. The number of rotatable bonds is 4. The Morgan fingerprint density at radius 3 is 2.43 bits per heavy atom. The summed E-state index contributed by atoms with van der Waals surface area (Å²) in [7, 11) is 0. The maximum absolute atomic E-state index is 5.22. The lowest BCUT2D eigenvalue weighted by Gasteiger charge is -2.32. The van der Waals surface area contributed by atoms with Crippen LogP contribution in [0.15, 0.2) is 0 Å². The fourth-order valence-electron chi connectivity index (χ4n) is 1.61. The van der Waals surface area contributed by atoms with Crippen molar-refractivity contribution >= 4 is 17.3 Å². The number of thiocarbonyl (C=S) groups is 1. The van der Waals surface area contributed by atoms with Gasteiger partial charge in [0.1, 0.15) is 0 Å². The summed E-state index contributed by atoms with van der Waals surface area (Å²) >= 11 is 5.22. The van der Waals surface area contributed by atoms with Crippen molar-refractivity contribution < 1.29 is 0 Å². The summed E-state index contributed by atoms with van der Waals surface area (Å²) in [6, 6.07) is 0.538. The standard InChI is InChI=1S/C11H22N2S/c1-8(2)7-12-11(14)13-9(3)10-5-4-6-10/h8-10H,4-7H2,1-3H3,(H2,12,13,14). The summed E-state index contributed by atoms with van der Waals surface area (Å²) in [5.41, 5.74) is 0.